The standard InChI is InChI=1S/C18H18ClN5O/c1-13(25)22-8-10-23(11-9-22)18-17-12-16(21-24(17)7-6-20-18)14-2-4-15(19)5-3-14/h2-7,12H,8-11H2,1H3. The summed E-state index contributed by atoms with van der Waals surface area (Å²) in [7, 11) is 0. The number of halogens is 1. The van der Waals surface area contributed by atoms with E-state index in [0.717, 1.165) is 48.8 Å². The van der Waals surface area contributed by atoms with Crippen LogP contribution in [0.1, 0.15) is 6.92 Å². The third kappa shape index (κ3) is 3.05. The van der Waals surface area contributed by atoms with Crippen LogP contribution in [0.25, 0.3) is 16.8 Å². The Morgan fingerprint density at radius 1 is 1.12 bits per heavy atom. The number of amides is 1. The van der Waals surface area contributed by atoms with Gasteiger partial charge < -0.3 is 9.80 Å². The zero-order valence-corrected chi connectivity index (χ0v) is 14.6. The van der Waals surface area contributed by atoms with Crippen LogP contribution in [-0.2, 0) is 4.79 Å². The van der Waals surface area contributed by atoms with Gasteiger partial charge in [-0.25, -0.2) is 9.50 Å². The van der Waals surface area contributed by atoms with Crippen LogP contribution in [0, 0.1) is 0 Å². The van der Waals surface area contributed by atoms with Crippen molar-refractivity contribution in [2.24, 2.45) is 0 Å². The normalized spacial score (nSPS) is 15.0. The van der Waals surface area contributed by atoms with Gasteiger partial charge in [-0.2, -0.15) is 5.10 Å². The Bertz CT molecular complexity index is 913. The summed E-state index contributed by atoms with van der Waals surface area (Å²) in [6, 6.07) is 9.69. The summed E-state index contributed by atoms with van der Waals surface area (Å²) >= 11 is 5.97. The topological polar surface area (TPSA) is 53.7 Å². The number of carbonyl (C=O) groups is 1. The molecule has 7 heteroatoms. The third-order valence-electron chi connectivity index (χ3n) is 4.53. The highest BCUT2D eigenvalue weighted by molar-refractivity contribution is 6.30. The molecule has 0 bridgehead atoms. The molecule has 0 unspecified atom stereocenters. The molecular formula is C18H18ClN5O. The van der Waals surface area contributed by atoms with E-state index in [9.17, 15) is 4.79 Å². The highest BCUT2D eigenvalue weighted by Gasteiger charge is 2.21. The lowest BCUT2D eigenvalue weighted by Gasteiger charge is -2.35. The Balaban J connectivity index is 1.66. The van der Waals surface area contributed by atoms with Crippen molar-refractivity contribution < 1.29 is 4.79 Å². The molecule has 3 aromatic rings. The second kappa shape index (κ2) is 6.37. The molecular weight excluding hydrogens is 338 g/mol. The molecule has 4 rings (SSSR count). The molecule has 1 saturated heterocycles. The lowest BCUT2D eigenvalue weighted by Crippen LogP contribution is -2.48. The average Bonchev–Trinajstić information content (AvgIpc) is 3.06. The lowest BCUT2D eigenvalue weighted by atomic mass is 10.1. The van der Waals surface area contributed by atoms with Crippen molar-refractivity contribution in [1.82, 2.24) is 19.5 Å². The number of fused-ring (bicyclic) bond motifs is 1. The molecule has 128 valence electrons. The van der Waals surface area contributed by atoms with E-state index < -0.39 is 0 Å². The van der Waals surface area contributed by atoms with E-state index in [0.29, 0.717) is 5.02 Å². The van der Waals surface area contributed by atoms with Gasteiger partial charge >= 0.3 is 0 Å². The quantitative estimate of drug-likeness (QED) is 0.709. The van der Waals surface area contributed by atoms with E-state index in [2.05, 4.69) is 15.0 Å². The molecule has 1 aliphatic heterocycles. The van der Waals surface area contributed by atoms with Gasteiger partial charge in [0.1, 0.15) is 5.52 Å². The first-order valence-electron chi connectivity index (χ1n) is 8.22. The van der Waals surface area contributed by atoms with Crippen molar-refractivity contribution in [3.63, 3.8) is 0 Å². The van der Waals surface area contributed by atoms with Gasteiger partial charge in [0.05, 0.1) is 5.69 Å². The summed E-state index contributed by atoms with van der Waals surface area (Å²) in [4.78, 5) is 20.1. The molecule has 0 spiro atoms. The van der Waals surface area contributed by atoms with Crippen LogP contribution in [0.5, 0.6) is 0 Å². The van der Waals surface area contributed by atoms with Gasteiger partial charge in [0, 0.05) is 56.1 Å². The molecule has 0 radical (unpaired) electrons. The third-order valence-corrected chi connectivity index (χ3v) is 4.79. The molecule has 3 heterocycles. The molecule has 0 atom stereocenters. The van der Waals surface area contributed by atoms with Crippen LogP contribution in [0.2, 0.25) is 5.02 Å². The highest BCUT2D eigenvalue weighted by atomic mass is 35.5. The summed E-state index contributed by atoms with van der Waals surface area (Å²) in [6.07, 6.45) is 3.61. The fourth-order valence-corrected chi connectivity index (χ4v) is 3.27. The first kappa shape index (κ1) is 15.9. The molecule has 0 saturated carbocycles. The van der Waals surface area contributed by atoms with Crippen LogP contribution in [0.3, 0.4) is 0 Å². The van der Waals surface area contributed by atoms with Crippen molar-refractivity contribution in [3.05, 3.63) is 47.7 Å². The molecule has 1 fully saturated rings. The van der Waals surface area contributed by atoms with Crippen molar-refractivity contribution in [1.29, 1.82) is 0 Å². The van der Waals surface area contributed by atoms with Crippen molar-refractivity contribution in [2.45, 2.75) is 6.92 Å². The number of carbonyl (C=O) groups excluding carboxylic acids is 1. The second-order valence-electron chi connectivity index (χ2n) is 6.11. The smallest absolute Gasteiger partial charge is 0.219 e. The Kier molecular flexibility index (Phi) is 4.05. The number of benzene rings is 1. The fourth-order valence-electron chi connectivity index (χ4n) is 3.15. The highest BCUT2D eigenvalue weighted by Crippen LogP contribution is 2.26. The summed E-state index contributed by atoms with van der Waals surface area (Å²) in [6.45, 7) is 4.60. The zero-order chi connectivity index (χ0) is 17.4. The van der Waals surface area contributed by atoms with Crippen LogP contribution in [0.15, 0.2) is 42.7 Å². The number of anilines is 1. The summed E-state index contributed by atoms with van der Waals surface area (Å²) < 4.78 is 1.85. The van der Waals surface area contributed by atoms with Gasteiger partial charge in [0.2, 0.25) is 5.91 Å². The monoisotopic (exact) mass is 355 g/mol. The Hall–Kier alpha value is -2.60. The minimum atomic E-state index is 0.125. The maximum absolute atomic E-state index is 11.5. The number of hydrogen-bond donors (Lipinski definition) is 0. The van der Waals surface area contributed by atoms with E-state index in [1.54, 1.807) is 13.1 Å². The van der Waals surface area contributed by atoms with Gasteiger partial charge in [-0.1, -0.05) is 23.7 Å². The second-order valence-corrected chi connectivity index (χ2v) is 6.55. The van der Waals surface area contributed by atoms with E-state index >= 15 is 0 Å². The predicted octanol–water partition coefficient (Wildman–Crippen LogP) is 2.72. The number of hydrogen-bond acceptors (Lipinski definition) is 4. The molecule has 1 aromatic carbocycles. The molecule has 6 nitrogen and oxygen atoms in total. The number of nitrogens with zero attached hydrogens (tertiary/aromatic N) is 5. The van der Waals surface area contributed by atoms with E-state index in [1.807, 2.05) is 45.9 Å². The summed E-state index contributed by atoms with van der Waals surface area (Å²) in [5, 5.41) is 5.36. The predicted molar refractivity (Wildman–Crippen MR) is 97.9 cm³/mol. The lowest BCUT2D eigenvalue weighted by molar-refractivity contribution is -0.129. The Labute approximate surface area is 150 Å². The van der Waals surface area contributed by atoms with E-state index in [1.165, 1.54) is 0 Å². The van der Waals surface area contributed by atoms with Gasteiger partial charge in [-0.3, -0.25) is 4.79 Å². The number of rotatable bonds is 2. The van der Waals surface area contributed by atoms with E-state index in [4.69, 9.17) is 11.6 Å². The minimum Gasteiger partial charge on any atom is -0.351 e. The molecule has 0 N–H and O–H groups in total. The van der Waals surface area contributed by atoms with Gasteiger partial charge in [0.25, 0.3) is 0 Å². The molecule has 25 heavy (non-hydrogen) atoms. The number of piperazine rings is 1. The Morgan fingerprint density at radius 2 is 1.84 bits per heavy atom. The van der Waals surface area contributed by atoms with Crippen LogP contribution in [-0.4, -0.2) is 51.6 Å². The number of aromatic nitrogens is 3. The minimum absolute atomic E-state index is 0.125. The summed E-state index contributed by atoms with van der Waals surface area (Å²) in [5.41, 5.74) is 2.86. The van der Waals surface area contributed by atoms with Crippen LogP contribution >= 0.6 is 11.6 Å². The van der Waals surface area contributed by atoms with Crippen LogP contribution < -0.4 is 4.90 Å². The SMILES string of the molecule is CC(=O)N1CCN(c2nccn3nc(-c4ccc(Cl)cc4)cc23)CC1. The maximum Gasteiger partial charge on any atom is 0.219 e. The Morgan fingerprint density at radius 3 is 2.52 bits per heavy atom. The molecule has 0 aliphatic carbocycles. The first-order valence-corrected chi connectivity index (χ1v) is 8.60. The largest absolute Gasteiger partial charge is 0.351 e. The van der Waals surface area contributed by atoms with Gasteiger partial charge in [-0.15, -0.1) is 0 Å². The summed E-state index contributed by atoms with van der Waals surface area (Å²) in [5.74, 6) is 1.03. The molecule has 2 aromatic heterocycles. The molecule has 1 aliphatic rings. The molecule has 1 amide bonds. The van der Waals surface area contributed by atoms with Crippen LogP contribution in [0.4, 0.5) is 5.82 Å². The van der Waals surface area contributed by atoms with Gasteiger partial charge in [-0.05, 0) is 18.2 Å². The van der Waals surface area contributed by atoms with Crippen molar-refractivity contribution in [3.8, 4) is 11.3 Å². The van der Waals surface area contributed by atoms with Crippen molar-refractivity contribution >= 4 is 28.8 Å². The van der Waals surface area contributed by atoms with Crippen molar-refractivity contribution in [2.75, 3.05) is 31.1 Å². The fraction of sp³-hybridized carbons (Fsp3) is 0.278. The maximum atomic E-state index is 11.5. The zero-order valence-electron chi connectivity index (χ0n) is 13.9. The average molecular weight is 356 g/mol. The van der Waals surface area contributed by atoms with Gasteiger partial charge in [0.15, 0.2) is 5.82 Å². The van der Waals surface area contributed by atoms with E-state index in [-0.39, 0.29) is 5.91 Å². The first-order chi connectivity index (χ1) is 12.1.